The summed E-state index contributed by atoms with van der Waals surface area (Å²) in [6.45, 7) is 0. The van der Waals surface area contributed by atoms with E-state index >= 15 is 0 Å². The summed E-state index contributed by atoms with van der Waals surface area (Å²) in [6.07, 6.45) is 14.4. The van der Waals surface area contributed by atoms with Gasteiger partial charge >= 0.3 is 0 Å². The summed E-state index contributed by atoms with van der Waals surface area (Å²) in [6, 6.07) is 0. The van der Waals surface area contributed by atoms with Crippen LogP contribution >= 0.6 is 0 Å². The van der Waals surface area contributed by atoms with Crippen molar-refractivity contribution in [2.24, 2.45) is 22.2 Å². The summed E-state index contributed by atoms with van der Waals surface area (Å²) >= 11 is 0. The van der Waals surface area contributed by atoms with Gasteiger partial charge in [0.1, 0.15) is 0 Å². The predicted octanol–water partition coefficient (Wildman–Crippen LogP) is 2.59. The van der Waals surface area contributed by atoms with Gasteiger partial charge in [-0.05, 0) is 55.3 Å². The lowest BCUT2D eigenvalue weighted by Gasteiger charge is -2.83. The van der Waals surface area contributed by atoms with E-state index in [1.807, 2.05) is 0 Å². The summed E-state index contributed by atoms with van der Waals surface area (Å²) < 4.78 is 0. The first-order chi connectivity index (χ1) is 5.72. The van der Waals surface area contributed by atoms with Gasteiger partial charge < -0.3 is 0 Å². The van der Waals surface area contributed by atoms with Crippen molar-refractivity contribution >= 4 is 0 Å². The SMILES string of the molecule is C#CC12CC(C34CC(C3)C4)(C1)C2. The topological polar surface area (TPSA) is 0 Å². The molecule has 0 aliphatic heterocycles. The Labute approximate surface area is 73.7 Å². The van der Waals surface area contributed by atoms with E-state index in [1.165, 1.54) is 19.3 Å². The fraction of sp³-hybridized carbons (Fsp3) is 0.833. The summed E-state index contributed by atoms with van der Waals surface area (Å²) in [5.41, 5.74) is 2.04. The zero-order chi connectivity index (χ0) is 8.03. The number of hydrogen-bond acceptors (Lipinski definition) is 0. The third-order valence-electron chi connectivity index (χ3n) is 5.50. The highest BCUT2D eigenvalue weighted by molar-refractivity contribution is 5.35. The molecule has 0 amide bonds. The second-order valence-electron chi connectivity index (χ2n) is 5.99. The number of rotatable bonds is 1. The summed E-state index contributed by atoms with van der Waals surface area (Å²) in [5, 5.41) is 0. The van der Waals surface area contributed by atoms with Gasteiger partial charge in [0.25, 0.3) is 0 Å². The molecule has 0 saturated heterocycles. The molecule has 6 fully saturated rings. The molecule has 0 aromatic carbocycles. The van der Waals surface area contributed by atoms with Gasteiger partial charge in [-0.15, -0.1) is 6.42 Å². The minimum atomic E-state index is 0.412. The van der Waals surface area contributed by atoms with E-state index < -0.39 is 0 Å². The molecule has 0 unspecified atom stereocenters. The van der Waals surface area contributed by atoms with Gasteiger partial charge in [0.05, 0.1) is 0 Å². The molecular weight excluding hydrogens is 144 g/mol. The van der Waals surface area contributed by atoms with Crippen LogP contribution in [0.2, 0.25) is 0 Å². The maximum atomic E-state index is 5.53. The summed E-state index contributed by atoms with van der Waals surface area (Å²) in [4.78, 5) is 0. The number of hydrogen-bond donors (Lipinski definition) is 0. The van der Waals surface area contributed by atoms with Crippen LogP contribution in [0.15, 0.2) is 0 Å². The number of terminal acetylenes is 1. The summed E-state index contributed by atoms with van der Waals surface area (Å²) in [7, 11) is 0. The maximum absolute atomic E-state index is 5.53. The smallest absolute Gasteiger partial charge is 0.0328 e. The molecule has 6 saturated carbocycles. The molecule has 4 bridgehead atoms. The fourth-order valence-electron chi connectivity index (χ4n) is 4.63. The molecule has 0 aromatic heterocycles. The third kappa shape index (κ3) is 0.353. The zero-order valence-corrected chi connectivity index (χ0v) is 7.40. The van der Waals surface area contributed by atoms with Crippen molar-refractivity contribution in [2.75, 3.05) is 0 Å². The summed E-state index contributed by atoms with van der Waals surface area (Å²) in [5.74, 6) is 4.15. The highest BCUT2D eigenvalue weighted by Gasteiger charge is 2.80. The second-order valence-corrected chi connectivity index (χ2v) is 5.99. The minimum absolute atomic E-state index is 0.412. The van der Waals surface area contributed by atoms with Crippen LogP contribution < -0.4 is 0 Å². The van der Waals surface area contributed by atoms with E-state index in [1.54, 1.807) is 19.3 Å². The van der Waals surface area contributed by atoms with Crippen LogP contribution in [0.25, 0.3) is 0 Å². The van der Waals surface area contributed by atoms with Gasteiger partial charge in [-0.1, -0.05) is 5.92 Å². The Morgan fingerprint density at radius 1 is 1.00 bits per heavy atom. The molecule has 6 aliphatic carbocycles. The normalized spacial score (nSPS) is 69.4. The molecule has 0 spiro atoms. The largest absolute Gasteiger partial charge is 0.120 e. The predicted molar refractivity (Wildman–Crippen MR) is 47.3 cm³/mol. The van der Waals surface area contributed by atoms with Crippen LogP contribution in [0.3, 0.4) is 0 Å². The fourth-order valence-corrected chi connectivity index (χ4v) is 4.63. The van der Waals surface area contributed by atoms with E-state index in [9.17, 15) is 0 Å². The van der Waals surface area contributed by atoms with Crippen molar-refractivity contribution in [1.29, 1.82) is 0 Å². The van der Waals surface area contributed by atoms with Gasteiger partial charge in [0.15, 0.2) is 0 Å². The van der Waals surface area contributed by atoms with E-state index in [0.29, 0.717) is 5.41 Å². The van der Waals surface area contributed by atoms with Gasteiger partial charge in [-0.3, -0.25) is 0 Å². The monoisotopic (exact) mass is 158 g/mol. The van der Waals surface area contributed by atoms with Crippen LogP contribution in [0.4, 0.5) is 0 Å². The molecule has 0 nitrogen and oxygen atoms in total. The van der Waals surface area contributed by atoms with E-state index in [2.05, 4.69) is 5.92 Å². The van der Waals surface area contributed by atoms with E-state index in [4.69, 9.17) is 6.42 Å². The van der Waals surface area contributed by atoms with Gasteiger partial charge in [-0.25, -0.2) is 0 Å². The van der Waals surface area contributed by atoms with Crippen LogP contribution in [0, 0.1) is 34.5 Å². The van der Waals surface area contributed by atoms with Crippen molar-refractivity contribution in [3.8, 4) is 12.3 Å². The standard InChI is InChI=1S/C12H14/c1-2-10-6-12(7-10,8-10)11-3-9(4-11)5-11/h1,9H,3-8H2. The Balaban J connectivity index is 1.64. The van der Waals surface area contributed by atoms with Gasteiger partial charge in [0, 0.05) is 5.41 Å². The average molecular weight is 158 g/mol. The molecule has 0 heterocycles. The zero-order valence-electron chi connectivity index (χ0n) is 7.40. The Bertz CT molecular complexity index is 281. The van der Waals surface area contributed by atoms with Crippen molar-refractivity contribution in [3.63, 3.8) is 0 Å². The molecule has 6 aliphatic rings. The van der Waals surface area contributed by atoms with Gasteiger partial charge in [-0.2, -0.15) is 0 Å². The van der Waals surface area contributed by atoms with Crippen LogP contribution in [0.5, 0.6) is 0 Å². The molecule has 0 N–H and O–H groups in total. The minimum Gasteiger partial charge on any atom is -0.120 e. The first-order valence-corrected chi connectivity index (χ1v) is 5.20. The molecular formula is C12H14. The molecule has 12 heavy (non-hydrogen) atoms. The molecule has 0 atom stereocenters. The molecule has 0 radical (unpaired) electrons. The maximum Gasteiger partial charge on any atom is 0.0328 e. The van der Waals surface area contributed by atoms with Crippen molar-refractivity contribution in [2.45, 2.75) is 38.5 Å². The van der Waals surface area contributed by atoms with Crippen LogP contribution in [0.1, 0.15) is 38.5 Å². The van der Waals surface area contributed by atoms with Crippen molar-refractivity contribution in [3.05, 3.63) is 0 Å². The highest BCUT2D eigenvalue weighted by Crippen LogP contribution is 2.88. The van der Waals surface area contributed by atoms with Gasteiger partial charge in [0.2, 0.25) is 0 Å². The van der Waals surface area contributed by atoms with E-state index in [0.717, 1.165) is 16.7 Å². The molecule has 6 rings (SSSR count). The Hall–Kier alpha value is -0.440. The first kappa shape index (κ1) is 6.08. The van der Waals surface area contributed by atoms with Crippen LogP contribution in [-0.4, -0.2) is 0 Å². The Kier molecular flexibility index (Phi) is 0.644. The quantitative estimate of drug-likeness (QED) is 0.514. The lowest BCUT2D eigenvalue weighted by molar-refractivity contribution is -0.332. The lowest BCUT2D eigenvalue weighted by atomic mass is 9.20. The van der Waals surface area contributed by atoms with Crippen molar-refractivity contribution in [1.82, 2.24) is 0 Å². The first-order valence-electron chi connectivity index (χ1n) is 5.20. The molecule has 62 valence electrons. The molecule has 0 aromatic rings. The Morgan fingerprint density at radius 2 is 1.58 bits per heavy atom. The molecule has 0 heteroatoms. The van der Waals surface area contributed by atoms with Crippen molar-refractivity contribution < 1.29 is 0 Å². The highest BCUT2D eigenvalue weighted by atomic mass is 14.8. The third-order valence-corrected chi connectivity index (χ3v) is 5.50. The average Bonchev–Trinajstić information content (AvgIpc) is 1.64. The van der Waals surface area contributed by atoms with E-state index in [-0.39, 0.29) is 0 Å². The Morgan fingerprint density at radius 3 is 1.92 bits per heavy atom. The second kappa shape index (κ2) is 1.27. The van der Waals surface area contributed by atoms with Crippen LogP contribution in [-0.2, 0) is 0 Å². The lowest BCUT2D eigenvalue weighted by Crippen LogP contribution is -2.75.